The first-order valence-electron chi connectivity index (χ1n) is 5.54. The van der Waals surface area contributed by atoms with Crippen LogP contribution in [0.3, 0.4) is 0 Å². The molecule has 0 bridgehead atoms. The first-order valence-corrected chi connectivity index (χ1v) is 6.98. The highest BCUT2D eigenvalue weighted by molar-refractivity contribution is 7.89. The van der Waals surface area contributed by atoms with Crippen LogP contribution in [-0.2, 0) is 10.0 Å². The van der Waals surface area contributed by atoms with E-state index in [1.54, 1.807) is 19.2 Å². The van der Waals surface area contributed by atoms with Gasteiger partial charge in [0.15, 0.2) is 0 Å². The molecule has 1 aliphatic rings. The van der Waals surface area contributed by atoms with Crippen LogP contribution in [-0.4, -0.2) is 25.8 Å². The smallest absolute Gasteiger partial charge is 0.207 e. The van der Waals surface area contributed by atoms with Crippen molar-refractivity contribution in [3.05, 3.63) is 29.8 Å². The van der Waals surface area contributed by atoms with Crippen LogP contribution in [0, 0.1) is 11.3 Å². The second-order valence-electron chi connectivity index (χ2n) is 4.25. The number of hydrogen-bond donors (Lipinski definition) is 0. The van der Waals surface area contributed by atoms with Gasteiger partial charge in [-0.25, -0.2) is 8.42 Å². The minimum atomic E-state index is -3.45. The molecule has 0 unspecified atom stereocenters. The van der Waals surface area contributed by atoms with Crippen molar-refractivity contribution in [3.63, 3.8) is 0 Å². The third kappa shape index (κ3) is 2.19. The molecule has 0 aromatic heterocycles. The Morgan fingerprint density at radius 2 is 2.12 bits per heavy atom. The van der Waals surface area contributed by atoms with Gasteiger partial charge in [-0.1, -0.05) is 12.5 Å². The Morgan fingerprint density at radius 3 is 2.65 bits per heavy atom. The second kappa shape index (κ2) is 4.47. The van der Waals surface area contributed by atoms with E-state index in [1.807, 2.05) is 6.07 Å². The van der Waals surface area contributed by atoms with Crippen molar-refractivity contribution in [2.45, 2.75) is 30.2 Å². The van der Waals surface area contributed by atoms with E-state index in [0.29, 0.717) is 5.56 Å². The minimum Gasteiger partial charge on any atom is -0.207 e. The van der Waals surface area contributed by atoms with Crippen LogP contribution in [0.1, 0.15) is 24.8 Å². The summed E-state index contributed by atoms with van der Waals surface area (Å²) in [4.78, 5) is 0.200. The van der Waals surface area contributed by atoms with Gasteiger partial charge in [-0.2, -0.15) is 9.57 Å². The maximum absolute atomic E-state index is 12.3. The fourth-order valence-corrected chi connectivity index (χ4v) is 3.30. The summed E-state index contributed by atoms with van der Waals surface area (Å²) in [5, 5.41) is 8.77. The van der Waals surface area contributed by atoms with Gasteiger partial charge in [-0.3, -0.25) is 0 Å². The molecule has 1 fully saturated rings. The zero-order chi connectivity index (χ0) is 12.5. The maximum Gasteiger partial charge on any atom is 0.243 e. The highest BCUT2D eigenvalue weighted by atomic mass is 32.2. The molecular formula is C12H14N2O2S. The molecule has 1 saturated carbocycles. The summed E-state index contributed by atoms with van der Waals surface area (Å²) < 4.78 is 25.9. The van der Waals surface area contributed by atoms with Crippen molar-refractivity contribution in [1.82, 2.24) is 4.31 Å². The van der Waals surface area contributed by atoms with E-state index >= 15 is 0 Å². The molecule has 2 rings (SSSR count). The third-order valence-corrected chi connectivity index (χ3v) is 5.14. The third-order valence-electron chi connectivity index (χ3n) is 3.23. The Bertz CT molecular complexity index is 556. The van der Waals surface area contributed by atoms with Gasteiger partial charge < -0.3 is 0 Å². The lowest BCUT2D eigenvalue weighted by Crippen LogP contribution is -2.41. The lowest BCUT2D eigenvalue weighted by Gasteiger charge is -2.33. The monoisotopic (exact) mass is 250 g/mol. The quantitative estimate of drug-likeness (QED) is 0.820. The second-order valence-corrected chi connectivity index (χ2v) is 6.24. The average molecular weight is 250 g/mol. The fraction of sp³-hybridized carbons (Fsp3) is 0.417. The lowest BCUT2D eigenvalue weighted by molar-refractivity contribution is 0.249. The van der Waals surface area contributed by atoms with Crippen LogP contribution in [0.5, 0.6) is 0 Å². The SMILES string of the molecule is CN(C1CCC1)S(=O)(=O)c1cccc(C#N)c1. The van der Waals surface area contributed by atoms with Crippen LogP contribution in [0.2, 0.25) is 0 Å². The molecule has 90 valence electrons. The van der Waals surface area contributed by atoms with Gasteiger partial charge in [0, 0.05) is 13.1 Å². The van der Waals surface area contributed by atoms with Crippen LogP contribution in [0.15, 0.2) is 29.2 Å². The van der Waals surface area contributed by atoms with E-state index in [0.717, 1.165) is 19.3 Å². The van der Waals surface area contributed by atoms with Crippen molar-refractivity contribution in [3.8, 4) is 6.07 Å². The molecule has 1 aromatic carbocycles. The zero-order valence-corrected chi connectivity index (χ0v) is 10.4. The number of nitriles is 1. The predicted octanol–water partition coefficient (Wildman–Crippen LogP) is 1.73. The molecule has 0 radical (unpaired) electrons. The summed E-state index contributed by atoms with van der Waals surface area (Å²) in [6.07, 6.45) is 2.93. The zero-order valence-electron chi connectivity index (χ0n) is 9.63. The Hall–Kier alpha value is -1.38. The van der Waals surface area contributed by atoms with E-state index in [2.05, 4.69) is 0 Å². The van der Waals surface area contributed by atoms with Crippen LogP contribution < -0.4 is 0 Å². The van der Waals surface area contributed by atoms with Crippen molar-refractivity contribution in [1.29, 1.82) is 5.26 Å². The standard InChI is InChI=1S/C12H14N2O2S/c1-14(11-5-3-6-11)17(15,16)12-7-2-4-10(8-12)9-13/h2,4,7-8,11H,3,5-6H2,1H3. The van der Waals surface area contributed by atoms with E-state index in [9.17, 15) is 8.42 Å². The Balaban J connectivity index is 2.34. The molecule has 4 nitrogen and oxygen atoms in total. The van der Waals surface area contributed by atoms with E-state index in [1.165, 1.54) is 16.4 Å². The highest BCUT2D eigenvalue weighted by Crippen LogP contribution is 2.28. The summed E-state index contributed by atoms with van der Waals surface area (Å²) in [6, 6.07) is 8.22. The van der Waals surface area contributed by atoms with Crippen molar-refractivity contribution >= 4 is 10.0 Å². The minimum absolute atomic E-state index is 0.116. The Morgan fingerprint density at radius 1 is 1.41 bits per heavy atom. The number of nitrogens with zero attached hydrogens (tertiary/aromatic N) is 2. The molecule has 0 atom stereocenters. The Labute approximate surface area is 102 Å². The molecule has 0 heterocycles. The first-order chi connectivity index (χ1) is 8.05. The lowest BCUT2D eigenvalue weighted by atomic mass is 9.94. The van der Waals surface area contributed by atoms with Crippen molar-refractivity contribution < 1.29 is 8.42 Å². The molecule has 0 saturated heterocycles. The molecule has 0 amide bonds. The van der Waals surface area contributed by atoms with E-state index in [4.69, 9.17) is 5.26 Å². The van der Waals surface area contributed by atoms with Crippen molar-refractivity contribution in [2.24, 2.45) is 0 Å². The van der Waals surface area contributed by atoms with Gasteiger partial charge in [0.05, 0.1) is 16.5 Å². The Kier molecular flexibility index (Phi) is 3.18. The van der Waals surface area contributed by atoms with Gasteiger partial charge in [0.2, 0.25) is 10.0 Å². The summed E-state index contributed by atoms with van der Waals surface area (Å²) in [6.45, 7) is 0. The summed E-state index contributed by atoms with van der Waals surface area (Å²) >= 11 is 0. The largest absolute Gasteiger partial charge is 0.243 e. The molecule has 0 spiro atoms. The van der Waals surface area contributed by atoms with Crippen LogP contribution in [0.4, 0.5) is 0 Å². The number of sulfonamides is 1. The van der Waals surface area contributed by atoms with Gasteiger partial charge in [-0.05, 0) is 31.0 Å². The van der Waals surface area contributed by atoms with Gasteiger partial charge in [0.25, 0.3) is 0 Å². The summed E-state index contributed by atoms with van der Waals surface area (Å²) in [5.74, 6) is 0. The van der Waals surface area contributed by atoms with Gasteiger partial charge in [-0.15, -0.1) is 0 Å². The molecule has 1 aliphatic carbocycles. The maximum atomic E-state index is 12.3. The fourth-order valence-electron chi connectivity index (χ4n) is 1.84. The molecule has 1 aromatic rings. The highest BCUT2D eigenvalue weighted by Gasteiger charge is 2.31. The predicted molar refractivity (Wildman–Crippen MR) is 63.7 cm³/mol. The number of hydrogen-bond acceptors (Lipinski definition) is 3. The van der Waals surface area contributed by atoms with E-state index < -0.39 is 10.0 Å². The van der Waals surface area contributed by atoms with E-state index in [-0.39, 0.29) is 10.9 Å². The first kappa shape index (κ1) is 12.1. The summed E-state index contributed by atoms with van der Waals surface area (Å²) in [7, 11) is -1.84. The van der Waals surface area contributed by atoms with Crippen LogP contribution in [0.25, 0.3) is 0 Å². The molecule has 0 N–H and O–H groups in total. The molecular weight excluding hydrogens is 236 g/mol. The molecule has 0 aliphatic heterocycles. The van der Waals surface area contributed by atoms with Crippen molar-refractivity contribution in [2.75, 3.05) is 7.05 Å². The molecule has 17 heavy (non-hydrogen) atoms. The topological polar surface area (TPSA) is 61.2 Å². The molecule has 5 heteroatoms. The number of benzene rings is 1. The average Bonchev–Trinajstić information content (AvgIpc) is 2.26. The van der Waals surface area contributed by atoms with Gasteiger partial charge in [0.1, 0.15) is 0 Å². The van der Waals surface area contributed by atoms with Gasteiger partial charge >= 0.3 is 0 Å². The normalized spacial score (nSPS) is 16.5. The number of rotatable bonds is 3. The summed E-state index contributed by atoms with van der Waals surface area (Å²) in [5.41, 5.74) is 0.369. The van der Waals surface area contributed by atoms with Crippen LogP contribution >= 0.6 is 0 Å².